The first-order valence-corrected chi connectivity index (χ1v) is 10.3. The quantitative estimate of drug-likeness (QED) is 0.393. The van der Waals surface area contributed by atoms with Gasteiger partial charge in [0, 0.05) is 22.7 Å². The highest BCUT2D eigenvalue weighted by atomic mass is 32.1. The monoisotopic (exact) mass is 392 g/mol. The van der Waals surface area contributed by atoms with Crippen molar-refractivity contribution in [2.45, 2.75) is 26.9 Å². The minimum absolute atomic E-state index is 0.613. The van der Waals surface area contributed by atoms with Gasteiger partial charge in [0.2, 0.25) is 5.89 Å². The Balaban J connectivity index is 1.51. The van der Waals surface area contributed by atoms with Crippen LogP contribution < -0.4 is 4.74 Å². The molecule has 4 nitrogen and oxygen atoms in total. The van der Waals surface area contributed by atoms with E-state index in [0.717, 1.165) is 35.9 Å². The number of benzene rings is 2. The molecule has 0 amide bonds. The fourth-order valence-electron chi connectivity index (χ4n) is 3.31. The van der Waals surface area contributed by atoms with Crippen molar-refractivity contribution in [3.05, 3.63) is 70.9 Å². The Morgan fingerprint density at radius 2 is 1.86 bits per heavy atom. The zero-order chi connectivity index (χ0) is 19.5. The third kappa shape index (κ3) is 3.96. The molecular weight excluding hydrogens is 368 g/mol. The molecule has 0 bridgehead atoms. The first kappa shape index (κ1) is 18.7. The summed E-state index contributed by atoms with van der Waals surface area (Å²) in [6.45, 7) is 6.19. The van der Waals surface area contributed by atoms with Crippen LogP contribution in [0.5, 0.6) is 5.75 Å². The molecule has 144 valence electrons. The molecule has 0 saturated heterocycles. The van der Waals surface area contributed by atoms with Gasteiger partial charge < -0.3 is 9.15 Å². The first-order valence-electron chi connectivity index (χ1n) is 9.48. The molecule has 2 aromatic heterocycles. The second-order valence-electron chi connectivity index (χ2n) is 6.87. The third-order valence-electron chi connectivity index (χ3n) is 4.63. The maximum absolute atomic E-state index is 5.97. The number of thiophene rings is 1. The van der Waals surface area contributed by atoms with Crippen molar-refractivity contribution in [2.24, 2.45) is 0 Å². The van der Waals surface area contributed by atoms with Crippen molar-refractivity contribution in [3.8, 4) is 17.2 Å². The van der Waals surface area contributed by atoms with Crippen molar-refractivity contribution >= 4 is 21.4 Å². The number of rotatable bonds is 7. The molecule has 2 aromatic carbocycles. The molecule has 28 heavy (non-hydrogen) atoms. The van der Waals surface area contributed by atoms with Crippen LogP contribution in [-0.2, 0) is 13.1 Å². The third-order valence-corrected chi connectivity index (χ3v) is 5.73. The molecule has 0 atom stereocenters. The molecule has 0 aliphatic carbocycles. The summed E-state index contributed by atoms with van der Waals surface area (Å²) in [5.41, 5.74) is 1.86. The van der Waals surface area contributed by atoms with E-state index in [1.807, 2.05) is 49.4 Å². The van der Waals surface area contributed by atoms with Crippen LogP contribution in [0.15, 0.2) is 59.0 Å². The molecule has 0 aliphatic rings. The number of hydrogen-bond acceptors (Lipinski definition) is 5. The molecule has 4 rings (SSSR count). The number of ether oxygens (including phenoxy) is 1. The summed E-state index contributed by atoms with van der Waals surface area (Å²) in [6, 6.07) is 18.7. The predicted octanol–water partition coefficient (Wildman–Crippen LogP) is 5.90. The number of para-hydroxylation sites is 1. The van der Waals surface area contributed by atoms with E-state index in [2.05, 4.69) is 42.3 Å². The van der Waals surface area contributed by atoms with Crippen LogP contribution in [0.2, 0.25) is 0 Å². The average molecular weight is 393 g/mol. The maximum atomic E-state index is 5.97. The van der Waals surface area contributed by atoms with Gasteiger partial charge in [-0.2, -0.15) is 0 Å². The summed E-state index contributed by atoms with van der Waals surface area (Å²) in [4.78, 5) is 8.39. The van der Waals surface area contributed by atoms with Crippen LogP contribution >= 0.6 is 11.3 Å². The van der Waals surface area contributed by atoms with Gasteiger partial charge in [0.15, 0.2) is 0 Å². The van der Waals surface area contributed by atoms with Crippen molar-refractivity contribution < 1.29 is 9.15 Å². The summed E-state index contributed by atoms with van der Waals surface area (Å²) in [5.74, 6) is 2.27. The van der Waals surface area contributed by atoms with Crippen molar-refractivity contribution in [3.63, 3.8) is 0 Å². The molecule has 0 unspecified atom stereocenters. The van der Waals surface area contributed by atoms with E-state index in [-0.39, 0.29) is 0 Å². The second-order valence-corrected chi connectivity index (χ2v) is 8.04. The van der Waals surface area contributed by atoms with E-state index in [1.165, 1.54) is 15.0 Å². The van der Waals surface area contributed by atoms with Crippen LogP contribution in [-0.4, -0.2) is 23.5 Å². The highest BCUT2D eigenvalue weighted by molar-refractivity contribution is 7.19. The van der Waals surface area contributed by atoms with Crippen molar-refractivity contribution in [1.29, 1.82) is 0 Å². The number of aromatic nitrogens is 1. The zero-order valence-corrected chi connectivity index (χ0v) is 17.3. The SMILES string of the molecule is CCOc1ccccc1-c1nc(CN(C)Cc2cc3ccccc3s2)c(C)o1. The second kappa shape index (κ2) is 8.17. The van der Waals surface area contributed by atoms with Gasteiger partial charge in [0.1, 0.15) is 11.5 Å². The highest BCUT2D eigenvalue weighted by Gasteiger charge is 2.16. The minimum Gasteiger partial charge on any atom is -0.493 e. The number of aryl methyl sites for hydroxylation is 1. The fraction of sp³-hybridized carbons (Fsp3) is 0.261. The normalized spacial score (nSPS) is 11.4. The minimum atomic E-state index is 0.613. The molecule has 0 saturated carbocycles. The lowest BCUT2D eigenvalue weighted by molar-refractivity contribution is 0.316. The molecule has 4 aromatic rings. The number of oxazole rings is 1. The number of fused-ring (bicyclic) bond motifs is 1. The topological polar surface area (TPSA) is 38.5 Å². The van der Waals surface area contributed by atoms with Crippen LogP contribution in [0.25, 0.3) is 21.5 Å². The zero-order valence-electron chi connectivity index (χ0n) is 16.4. The molecule has 0 aliphatic heterocycles. The summed E-state index contributed by atoms with van der Waals surface area (Å²) in [7, 11) is 2.12. The standard InChI is InChI=1S/C23H24N2O2S/c1-4-26-21-11-7-6-10-19(21)23-24-20(16(2)27-23)15-25(3)14-18-13-17-9-5-8-12-22(17)28-18/h5-13H,4,14-15H2,1-3H3. The fourth-order valence-corrected chi connectivity index (χ4v) is 4.45. The van der Waals surface area contributed by atoms with Gasteiger partial charge in [-0.05, 0) is 50.5 Å². The largest absolute Gasteiger partial charge is 0.493 e. The average Bonchev–Trinajstić information content (AvgIpc) is 3.25. The van der Waals surface area contributed by atoms with Crippen LogP contribution in [0, 0.1) is 6.92 Å². The van der Waals surface area contributed by atoms with E-state index in [4.69, 9.17) is 14.1 Å². The molecule has 0 N–H and O–H groups in total. The maximum Gasteiger partial charge on any atom is 0.230 e. The smallest absolute Gasteiger partial charge is 0.230 e. The molecule has 5 heteroatoms. The van der Waals surface area contributed by atoms with Crippen molar-refractivity contribution in [1.82, 2.24) is 9.88 Å². The van der Waals surface area contributed by atoms with Crippen LogP contribution in [0.3, 0.4) is 0 Å². The Morgan fingerprint density at radius 1 is 1.07 bits per heavy atom. The summed E-state index contributed by atoms with van der Waals surface area (Å²) in [5, 5.41) is 1.31. The molecule has 0 radical (unpaired) electrons. The number of nitrogens with zero attached hydrogens (tertiary/aromatic N) is 2. The van der Waals surface area contributed by atoms with Gasteiger partial charge in [0.05, 0.1) is 17.9 Å². The van der Waals surface area contributed by atoms with E-state index >= 15 is 0 Å². The number of hydrogen-bond donors (Lipinski definition) is 0. The Bertz CT molecular complexity index is 1050. The van der Waals surface area contributed by atoms with E-state index in [9.17, 15) is 0 Å². The first-order chi connectivity index (χ1) is 13.6. The Kier molecular flexibility index (Phi) is 5.46. The summed E-state index contributed by atoms with van der Waals surface area (Å²) >= 11 is 1.85. The van der Waals surface area contributed by atoms with E-state index < -0.39 is 0 Å². The highest BCUT2D eigenvalue weighted by Crippen LogP contribution is 2.31. The lowest BCUT2D eigenvalue weighted by Crippen LogP contribution is -2.17. The lowest BCUT2D eigenvalue weighted by atomic mass is 10.2. The Hall–Kier alpha value is -2.63. The summed E-state index contributed by atoms with van der Waals surface area (Å²) < 4.78 is 13.0. The van der Waals surface area contributed by atoms with Gasteiger partial charge in [-0.3, -0.25) is 4.90 Å². The predicted molar refractivity (Wildman–Crippen MR) is 115 cm³/mol. The van der Waals surface area contributed by atoms with Gasteiger partial charge in [0.25, 0.3) is 0 Å². The lowest BCUT2D eigenvalue weighted by Gasteiger charge is -2.14. The van der Waals surface area contributed by atoms with Crippen LogP contribution in [0.4, 0.5) is 0 Å². The molecular formula is C23H24N2O2S. The van der Waals surface area contributed by atoms with Gasteiger partial charge in [-0.15, -0.1) is 11.3 Å². The van der Waals surface area contributed by atoms with Gasteiger partial charge in [-0.1, -0.05) is 30.3 Å². The van der Waals surface area contributed by atoms with Crippen molar-refractivity contribution in [2.75, 3.05) is 13.7 Å². The van der Waals surface area contributed by atoms with E-state index in [1.54, 1.807) is 0 Å². The molecule has 0 spiro atoms. The summed E-state index contributed by atoms with van der Waals surface area (Å²) in [6.07, 6.45) is 0. The molecule has 2 heterocycles. The Labute approximate surface area is 169 Å². The van der Waals surface area contributed by atoms with Gasteiger partial charge in [-0.25, -0.2) is 4.98 Å². The van der Waals surface area contributed by atoms with E-state index in [0.29, 0.717) is 12.5 Å². The van der Waals surface area contributed by atoms with Gasteiger partial charge >= 0.3 is 0 Å². The molecule has 0 fully saturated rings. The Morgan fingerprint density at radius 3 is 2.68 bits per heavy atom. The van der Waals surface area contributed by atoms with Crippen LogP contribution in [0.1, 0.15) is 23.3 Å².